The van der Waals surface area contributed by atoms with Gasteiger partial charge in [-0.3, -0.25) is 9.89 Å². The molecule has 2 N–H and O–H groups in total. The highest BCUT2D eigenvalue weighted by Crippen LogP contribution is 2.52. The molecule has 4 rings (SSSR count). The second kappa shape index (κ2) is 8.21. The lowest BCUT2D eigenvalue weighted by Gasteiger charge is -2.55. The maximum absolute atomic E-state index is 5.99. The van der Waals surface area contributed by atoms with Crippen molar-refractivity contribution in [2.45, 2.75) is 57.8 Å². The average Bonchev–Trinajstić information content (AvgIpc) is 3.15. The van der Waals surface area contributed by atoms with Gasteiger partial charge in [-0.1, -0.05) is 37.6 Å². The lowest BCUT2D eigenvalue weighted by Crippen LogP contribution is -2.68. The molecule has 0 bridgehead atoms. The van der Waals surface area contributed by atoms with Gasteiger partial charge in [0.25, 0.3) is 0 Å². The molecule has 1 saturated carbocycles. The Bertz CT molecular complexity index is 697. The Morgan fingerprint density at radius 1 is 1.18 bits per heavy atom. The summed E-state index contributed by atoms with van der Waals surface area (Å²) in [4.78, 5) is 7.03. The third-order valence-electron chi connectivity index (χ3n) is 6.86. The third-order valence-corrected chi connectivity index (χ3v) is 7.12. The van der Waals surface area contributed by atoms with Crippen LogP contribution in [0.2, 0.25) is 5.02 Å². The number of fused-ring (bicyclic) bond motifs is 1. The average molecular weight is 405 g/mol. The molecule has 2 aliphatic heterocycles. The highest BCUT2D eigenvalue weighted by molar-refractivity contribution is 6.30. The fourth-order valence-corrected chi connectivity index (χ4v) is 5.34. The van der Waals surface area contributed by atoms with Gasteiger partial charge in [-0.2, -0.15) is 0 Å². The van der Waals surface area contributed by atoms with Crippen LogP contribution in [0.1, 0.15) is 38.7 Å². The van der Waals surface area contributed by atoms with Crippen molar-refractivity contribution in [1.29, 1.82) is 0 Å². The first kappa shape index (κ1) is 20.0. The highest BCUT2D eigenvalue weighted by Gasteiger charge is 2.59. The second-order valence-corrected chi connectivity index (χ2v) is 9.52. The molecule has 0 aromatic heterocycles. The Balaban J connectivity index is 1.25. The largest absolute Gasteiger partial charge is 0.377 e. The minimum atomic E-state index is 0.167. The maximum atomic E-state index is 5.99. The predicted molar refractivity (Wildman–Crippen MR) is 115 cm³/mol. The maximum Gasteiger partial charge on any atom is 0.191 e. The molecule has 2 saturated heterocycles. The highest BCUT2D eigenvalue weighted by atomic mass is 35.5. The van der Waals surface area contributed by atoms with E-state index in [1.165, 1.54) is 5.56 Å². The van der Waals surface area contributed by atoms with E-state index in [1.807, 2.05) is 19.2 Å². The molecule has 3 unspecified atom stereocenters. The minimum absolute atomic E-state index is 0.167. The summed E-state index contributed by atoms with van der Waals surface area (Å²) >= 11 is 5.99. The summed E-state index contributed by atoms with van der Waals surface area (Å²) in [7, 11) is 1.87. The molecule has 3 aliphatic rings. The van der Waals surface area contributed by atoms with Crippen LogP contribution >= 0.6 is 11.6 Å². The molecule has 3 atom stereocenters. The van der Waals surface area contributed by atoms with Gasteiger partial charge in [-0.15, -0.1) is 0 Å². The Labute approximate surface area is 173 Å². The molecule has 1 aromatic rings. The van der Waals surface area contributed by atoms with E-state index in [1.54, 1.807) is 0 Å². The van der Waals surface area contributed by atoms with Gasteiger partial charge < -0.3 is 15.4 Å². The molecular formula is C22H33ClN4O. The Hall–Kier alpha value is -1.30. The monoisotopic (exact) mass is 404 g/mol. The zero-order chi connectivity index (χ0) is 19.7. The van der Waals surface area contributed by atoms with Gasteiger partial charge in [0.2, 0.25) is 0 Å². The fourth-order valence-electron chi connectivity index (χ4n) is 5.21. The van der Waals surface area contributed by atoms with Gasteiger partial charge in [0.1, 0.15) is 0 Å². The van der Waals surface area contributed by atoms with Crippen LogP contribution in [-0.4, -0.2) is 55.8 Å². The van der Waals surface area contributed by atoms with Crippen LogP contribution in [0.25, 0.3) is 0 Å². The number of ether oxygens (including phenoxy) is 1. The van der Waals surface area contributed by atoms with Gasteiger partial charge >= 0.3 is 0 Å². The Morgan fingerprint density at radius 2 is 1.89 bits per heavy atom. The zero-order valence-electron chi connectivity index (χ0n) is 17.2. The van der Waals surface area contributed by atoms with E-state index in [0.717, 1.165) is 56.5 Å². The molecule has 0 spiro atoms. The number of likely N-dealkylation sites (tertiary alicyclic amines) is 1. The normalized spacial score (nSPS) is 30.6. The topological polar surface area (TPSA) is 48.9 Å². The molecule has 3 fully saturated rings. The SMILES string of the molecule is CN=C(NC1CCN(Cc2ccc(Cl)cc2)CC1)NC1C2CCOC2C1(C)C. The number of hydrogen-bond donors (Lipinski definition) is 2. The number of hydrogen-bond acceptors (Lipinski definition) is 3. The number of nitrogens with one attached hydrogen (secondary N) is 2. The molecule has 1 aliphatic carbocycles. The van der Waals surface area contributed by atoms with Crippen molar-refractivity contribution in [3.05, 3.63) is 34.9 Å². The molecule has 0 radical (unpaired) electrons. The van der Waals surface area contributed by atoms with E-state index in [2.05, 4.69) is 46.5 Å². The van der Waals surface area contributed by atoms with Gasteiger partial charge in [0.15, 0.2) is 5.96 Å². The first-order valence-corrected chi connectivity index (χ1v) is 10.9. The predicted octanol–water partition coefficient (Wildman–Crippen LogP) is 3.28. The number of rotatable bonds is 4. The zero-order valence-corrected chi connectivity index (χ0v) is 18.0. The number of nitrogens with zero attached hydrogens (tertiary/aromatic N) is 2. The number of benzene rings is 1. The van der Waals surface area contributed by atoms with Gasteiger partial charge in [0, 0.05) is 61.7 Å². The summed E-state index contributed by atoms with van der Waals surface area (Å²) < 4.78 is 5.92. The second-order valence-electron chi connectivity index (χ2n) is 9.08. The number of aliphatic imine (C=N–C) groups is 1. The smallest absolute Gasteiger partial charge is 0.191 e. The van der Waals surface area contributed by atoms with E-state index in [4.69, 9.17) is 16.3 Å². The van der Waals surface area contributed by atoms with Crippen LogP contribution in [0.15, 0.2) is 29.3 Å². The third kappa shape index (κ3) is 4.03. The molecule has 1 aromatic carbocycles. The molecule has 0 amide bonds. The molecule has 5 nitrogen and oxygen atoms in total. The number of halogens is 1. The van der Waals surface area contributed by atoms with Crippen molar-refractivity contribution in [1.82, 2.24) is 15.5 Å². The van der Waals surface area contributed by atoms with Crippen molar-refractivity contribution >= 4 is 17.6 Å². The van der Waals surface area contributed by atoms with E-state index >= 15 is 0 Å². The van der Waals surface area contributed by atoms with Crippen molar-refractivity contribution in [3.63, 3.8) is 0 Å². The summed E-state index contributed by atoms with van der Waals surface area (Å²) in [5.41, 5.74) is 1.50. The van der Waals surface area contributed by atoms with E-state index < -0.39 is 0 Å². The van der Waals surface area contributed by atoms with Crippen molar-refractivity contribution in [2.75, 3.05) is 26.7 Å². The first-order chi connectivity index (χ1) is 13.5. The van der Waals surface area contributed by atoms with Crippen LogP contribution in [-0.2, 0) is 11.3 Å². The van der Waals surface area contributed by atoms with E-state index in [9.17, 15) is 0 Å². The van der Waals surface area contributed by atoms with Crippen molar-refractivity contribution in [2.24, 2.45) is 16.3 Å². The Kier molecular flexibility index (Phi) is 5.86. The minimum Gasteiger partial charge on any atom is -0.377 e. The van der Waals surface area contributed by atoms with E-state index in [0.29, 0.717) is 24.1 Å². The van der Waals surface area contributed by atoms with Crippen molar-refractivity contribution < 1.29 is 4.74 Å². The van der Waals surface area contributed by atoms with Crippen LogP contribution < -0.4 is 10.6 Å². The van der Waals surface area contributed by atoms with Crippen LogP contribution in [0.3, 0.4) is 0 Å². The molecule has 2 heterocycles. The number of guanidine groups is 1. The van der Waals surface area contributed by atoms with Crippen LogP contribution in [0, 0.1) is 11.3 Å². The quantitative estimate of drug-likeness (QED) is 0.597. The number of piperidine rings is 1. The first-order valence-electron chi connectivity index (χ1n) is 10.6. The lowest BCUT2D eigenvalue weighted by molar-refractivity contribution is -0.106. The Morgan fingerprint density at radius 3 is 2.57 bits per heavy atom. The van der Waals surface area contributed by atoms with Crippen molar-refractivity contribution in [3.8, 4) is 0 Å². The van der Waals surface area contributed by atoms with Gasteiger partial charge in [-0.25, -0.2) is 0 Å². The van der Waals surface area contributed by atoms with Gasteiger partial charge in [-0.05, 0) is 37.0 Å². The fraction of sp³-hybridized carbons (Fsp3) is 0.682. The van der Waals surface area contributed by atoms with Crippen LogP contribution in [0.5, 0.6) is 0 Å². The summed E-state index contributed by atoms with van der Waals surface area (Å²) in [5.74, 6) is 1.56. The van der Waals surface area contributed by atoms with Gasteiger partial charge in [0.05, 0.1) is 6.10 Å². The lowest BCUT2D eigenvalue weighted by atomic mass is 9.57. The van der Waals surface area contributed by atoms with E-state index in [-0.39, 0.29) is 5.41 Å². The molecule has 154 valence electrons. The summed E-state index contributed by atoms with van der Waals surface area (Å²) in [6.07, 6.45) is 3.83. The molecular weight excluding hydrogens is 372 g/mol. The molecule has 28 heavy (non-hydrogen) atoms. The van der Waals surface area contributed by atoms with Crippen LogP contribution in [0.4, 0.5) is 0 Å². The summed E-state index contributed by atoms with van der Waals surface area (Å²) in [6.45, 7) is 8.71. The summed E-state index contributed by atoms with van der Waals surface area (Å²) in [5, 5.41) is 8.17. The standard InChI is InChI=1S/C22H33ClN4O/c1-22(2)19(18-10-13-28-20(18)22)26-21(24-3)25-17-8-11-27(12-9-17)14-15-4-6-16(23)7-5-15/h4-7,17-20H,8-14H2,1-3H3,(H2,24,25,26). The molecule has 6 heteroatoms. The summed E-state index contributed by atoms with van der Waals surface area (Å²) in [6, 6.07) is 9.12.